The second-order valence-electron chi connectivity index (χ2n) is 6.14. The van der Waals surface area contributed by atoms with E-state index in [0.717, 1.165) is 43.0 Å². The molecule has 1 atom stereocenters. The zero-order valence-corrected chi connectivity index (χ0v) is 14.3. The number of likely N-dealkylation sites (tertiary alicyclic amines) is 1. The molecule has 0 saturated carbocycles. The Morgan fingerprint density at radius 1 is 1.17 bits per heavy atom. The van der Waals surface area contributed by atoms with Gasteiger partial charge >= 0.3 is 0 Å². The minimum atomic E-state index is -0.533. The maximum atomic E-state index is 12.7. The van der Waals surface area contributed by atoms with Crippen molar-refractivity contribution in [1.29, 1.82) is 0 Å². The van der Waals surface area contributed by atoms with Crippen LogP contribution in [0.2, 0.25) is 0 Å². The fourth-order valence-electron chi connectivity index (χ4n) is 3.20. The summed E-state index contributed by atoms with van der Waals surface area (Å²) in [7, 11) is 3.23. The maximum absolute atomic E-state index is 12.7. The number of rotatable bonds is 4. The number of carbonyl (C=O) groups is 1. The summed E-state index contributed by atoms with van der Waals surface area (Å²) >= 11 is 0. The largest absolute Gasteiger partial charge is 0.497 e. The zero-order chi connectivity index (χ0) is 16.9. The van der Waals surface area contributed by atoms with Gasteiger partial charge in [0.25, 0.3) is 5.91 Å². The summed E-state index contributed by atoms with van der Waals surface area (Å²) in [4.78, 5) is 20.0. The molecule has 130 valence electrons. The van der Waals surface area contributed by atoms with Gasteiger partial charge in [-0.1, -0.05) is 18.0 Å². The van der Waals surface area contributed by atoms with E-state index in [1.807, 2.05) is 23.1 Å². The summed E-state index contributed by atoms with van der Waals surface area (Å²) in [6.07, 6.45) is 4.44. The predicted molar refractivity (Wildman–Crippen MR) is 90.6 cm³/mol. The van der Waals surface area contributed by atoms with E-state index < -0.39 is 6.10 Å². The standard InChI is InChI=1S/C18H24N2O4/c1-22-13-7-8-16(23-2)14(11-13)15-12-17(24-19-15)18(21)20-9-5-3-4-6-10-20/h7-8,11,17H,3-6,9-10,12H2,1-2H3. The topological polar surface area (TPSA) is 60.4 Å². The molecule has 6 heteroatoms. The zero-order valence-electron chi connectivity index (χ0n) is 14.3. The minimum absolute atomic E-state index is 0.0394. The number of benzene rings is 1. The molecule has 0 bridgehead atoms. The van der Waals surface area contributed by atoms with Crippen LogP contribution in [0.15, 0.2) is 23.4 Å². The monoisotopic (exact) mass is 332 g/mol. The van der Waals surface area contributed by atoms with Gasteiger partial charge < -0.3 is 19.2 Å². The molecular weight excluding hydrogens is 308 g/mol. The first kappa shape index (κ1) is 16.6. The Morgan fingerprint density at radius 2 is 1.92 bits per heavy atom. The third-order valence-corrected chi connectivity index (χ3v) is 4.58. The fraction of sp³-hybridized carbons (Fsp3) is 0.556. The van der Waals surface area contributed by atoms with Crippen molar-refractivity contribution in [1.82, 2.24) is 4.90 Å². The van der Waals surface area contributed by atoms with Crippen molar-refractivity contribution in [2.24, 2.45) is 5.16 Å². The van der Waals surface area contributed by atoms with E-state index in [1.54, 1.807) is 14.2 Å². The first-order valence-corrected chi connectivity index (χ1v) is 8.47. The van der Waals surface area contributed by atoms with E-state index >= 15 is 0 Å². The van der Waals surface area contributed by atoms with Crippen LogP contribution in [-0.2, 0) is 9.63 Å². The van der Waals surface area contributed by atoms with Crippen LogP contribution >= 0.6 is 0 Å². The Balaban J connectivity index is 1.71. The van der Waals surface area contributed by atoms with E-state index in [1.165, 1.54) is 12.8 Å². The fourth-order valence-corrected chi connectivity index (χ4v) is 3.20. The molecule has 3 rings (SSSR count). The van der Waals surface area contributed by atoms with Crippen molar-refractivity contribution >= 4 is 11.6 Å². The van der Waals surface area contributed by atoms with Crippen molar-refractivity contribution in [2.75, 3.05) is 27.3 Å². The van der Waals surface area contributed by atoms with Gasteiger partial charge in [0.1, 0.15) is 11.5 Å². The van der Waals surface area contributed by atoms with Gasteiger partial charge in [0, 0.05) is 25.1 Å². The van der Waals surface area contributed by atoms with Gasteiger partial charge in [-0.2, -0.15) is 0 Å². The highest BCUT2D eigenvalue weighted by Gasteiger charge is 2.33. The smallest absolute Gasteiger partial charge is 0.266 e. The van der Waals surface area contributed by atoms with E-state index in [2.05, 4.69) is 5.16 Å². The Labute approximate surface area is 142 Å². The third kappa shape index (κ3) is 3.47. The summed E-state index contributed by atoms with van der Waals surface area (Å²) in [6.45, 7) is 1.63. The molecule has 24 heavy (non-hydrogen) atoms. The highest BCUT2D eigenvalue weighted by atomic mass is 16.6. The third-order valence-electron chi connectivity index (χ3n) is 4.58. The second kappa shape index (κ2) is 7.55. The van der Waals surface area contributed by atoms with E-state index in [0.29, 0.717) is 12.2 Å². The molecule has 1 aromatic carbocycles. The quantitative estimate of drug-likeness (QED) is 0.850. The van der Waals surface area contributed by atoms with Crippen molar-refractivity contribution in [3.63, 3.8) is 0 Å². The Morgan fingerprint density at radius 3 is 2.58 bits per heavy atom. The highest BCUT2D eigenvalue weighted by molar-refractivity contribution is 6.06. The van der Waals surface area contributed by atoms with Crippen LogP contribution in [0.4, 0.5) is 0 Å². The average molecular weight is 332 g/mol. The summed E-state index contributed by atoms with van der Waals surface area (Å²) in [6, 6.07) is 5.53. The molecule has 0 radical (unpaired) electrons. The van der Waals surface area contributed by atoms with Crippen molar-refractivity contribution in [3.05, 3.63) is 23.8 Å². The first-order valence-electron chi connectivity index (χ1n) is 8.47. The minimum Gasteiger partial charge on any atom is -0.497 e. The molecule has 1 aromatic rings. The van der Waals surface area contributed by atoms with Gasteiger partial charge in [-0.3, -0.25) is 4.79 Å². The Kier molecular flexibility index (Phi) is 5.23. The van der Waals surface area contributed by atoms with E-state index in [4.69, 9.17) is 14.3 Å². The summed E-state index contributed by atoms with van der Waals surface area (Å²) in [5, 5.41) is 4.14. The molecule has 2 heterocycles. The lowest BCUT2D eigenvalue weighted by molar-refractivity contribution is -0.142. The Bertz CT molecular complexity index is 621. The Hall–Kier alpha value is -2.24. The average Bonchev–Trinajstić information content (AvgIpc) is 2.95. The molecule has 0 N–H and O–H groups in total. The predicted octanol–water partition coefficient (Wildman–Crippen LogP) is 2.60. The summed E-state index contributed by atoms with van der Waals surface area (Å²) in [5.74, 6) is 1.45. The van der Waals surface area contributed by atoms with Gasteiger partial charge in [-0.25, -0.2) is 0 Å². The molecule has 0 spiro atoms. The van der Waals surface area contributed by atoms with Gasteiger partial charge in [-0.05, 0) is 31.0 Å². The number of carbonyl (C=O) groups excluding carboxylic acids is 1. The maximum Gasteiger partial charge on any atom is 0.266 e. The van der Waals surface area contributed by atoms with Crippen LogP contribution < -0.4 is 9.47 Å². The number of nitrogens with zero attached hydrogens (tertiary/aromatic N) is 2. The molecule has 1 fully saturated rings. The summed E-state index contributed by atoms with van der Waals surface area (Å²) < 4.78 is 10.7. The molecule has 0 aromatic heterocycles. The van der Waals surface area contributed by atoms with Gasteiger partial charge in [0.15, 0.2) is 0 Å². The number of hydrogen-bond donors (Lipinski definition) is 0. The van der Waals surface area contributed by atoms with E-state index in [-0.39, 0.29) is 5.91 Å². The van der Waals surface area contributed by atoms with Crippen LogP contribution in [0.5, 0.6) is 11.5 Å². The van der Waals surface area contributed by atoms with Gasteiger partial charge in [0.2, 0.25) is 6.10 Å². The van der Waals surface area contributed by atoms with Crippen LogP contribution in [0, 0.1) is 0 Å². The molecule has 2 aliphatic heterocycles. The van der Waals surface area contributed by atoms with Crippen molar-refractivity contribution in [2.45, 2.75) is 38.2 Å². The van der Waals surface area contributed by atoms with Gasteiger partial charge in [0.05, 0.1) is 19.9 Å². The van der Waals surface area contributed by atoms with Gasteiger partial charge in [-0.15, -0.1) is 0 Å². The molecular formula is C18H24N2O4. The number of amides is 1. The lowest BCUT2D eigenvalue weighted by Gasteiger charge is -2.22. The molecule has 1 amide bonds. The molecule has 1 unspecified atom stereocenters. The SMILES string of the molecule is COc1ccc(OC)c(C2=NOC(C(=O)N3CCCCCC3)C2)c1. The highest BCUT2D eigenvalue weighted by Crippen LogP contribution is 2.29. The molecule has 6 nitrogen and oxygen atoms in total. The van der Waals surface area contributed by atoms with Crippen LogP contribution in [0.25, 0.3) is 0 Å². The molecule has 2 aliphatic rings. The molecule has 0 aliphatic carbocycles. The number of hydrogen-bond acceptors (Lipinski definition) is 5. The van der Waals surface area contributed by atoms with Crippen LogP contribution in [0.1, 0.15) is 37.7 Å². The molecule has 1 saturated heterocycles. The second-order valence-corrected chi connectivity index (χ2v) is 6.14. The van der Waals surface area contributed by atoms with E-state index in [9.17, 15) is 4.79 Å². The van der Waals surface area contributed by atoms with Crippen LogP contribution in [0.3, 0.4) is 0 Å². The van der Waals surface area contributed by atoms with Crippen molar-refractivity contribution < 1.29 is 19.1 Å². The first-order chi connectivity index (χ1) is 11.7. The van der Waals surface area contributed by atoms with Crippen molar-refractivity contribution in [3.8, 4) is 11.5 Å². The lowest BCUT2D eigenvalue weighted by Crippen LogP contribution is -2.39. The summed E-state index contributed by atoms with van der Waals surface area (Å²) in [5.41, 5.74) is 1.53. The number of methoxy groups -OCH3 is 2. The lowest BCUT2D eigenvalue weighted by atomic mass is 10.0. The number of oxime groups is 1. The normalized spacial score (nSPS) is 20.8. The van der Waals surface area contributed by atoms with Crippen LogP contribution in [-0.4, -0.2) is 49.9 Å². The number of ether oxygens (including phenoxy) is 2.